The maximum atomic E-state index is 11.7. The first kappa shape index (κ1) is 15.9. The van der Waals surface area contributed by atoms with Crippen LogP contribution in [-0.2, 0) is 9.47 Å². The van der Waals surface area contributed by atoms with Crippen LogP contribution in [0.1, 0.15) is 20.7 Å². The Morgan fingerprint density at radius 3 is 1.95 bits per heavy atom. The molecule has 0 spiro atoms. The van der Waals surface area contributed by atoms with Crippen molar-refractivity contribution in [2.45, 2.75) is 0 Å². The molecule has 0 atom stereocenters. The molecule has 7 heteroatoms. The van der Waals surface area contributed by atoms with Crippen LogP contribution in [0.15, 0.2) is 18.2 Å². The van der Waals surface area contributed by atoms with Crippen LogP contribution in [0.3, 0.4) is 0 Å². The summed E-state index contributed by atoms with van der Waals surface area (Å²) in [5.74, 6) is -1.21. The third kappa shape index (κ3) is 2.79. The van der Waals surface area contributed by atoms with E-state index in [9.17, 15) is 9.59 Å². The number of halogens is 3. The third-order valence-corrected chi connectivity index (χ3v) is 3.95. The average Bonchev–Trinajstić information content (AvgIpc) is 2.48. The minimum absolute atomic E-state index is 0.124. The van der Waals surface area contributed by atoms with Crippen LogP contribution in [0.4, 0.5) is 0 Å². The molecule has 0 aliphatic heterocycles. The number of esters is 2. The second-order valence-corrected chi connectivity index (χ2v) is 5.27. The number of benzene rings is 2. The van der Waals surface area contributed by atoms with Crippen molar-refractivity contribution in [3.05, 3.63) is 44.4 Å². The van der Waals surface area contributed by atoms with Crippen LogP contribution in [0.2, 0.25) is 15.1 Å². The molecule has 0 saturated carbocycles. The van der Waals surface area contributed by atoms with Gasteiger partial charge in [-0.2, -0.15) is 0 Å². The summed E-state index contributed by atoms with van der Waals surface area (Å²) in [6, 6.07) is 4.32. The number of hydrogen-bond donors (Lipinski definition) is 0. The van der Waals surface area contributed by atoms with Gasteiger partial charge in [0.25, 0.3) is 0 Å². The molecule has 0 unspecified atom stereocenters. The molecule has 0 aromatic heterocycles. The van der Waals surface area contributed by atoms with Gasteiger partial charge in [0.15, 0.2) is 0 Å². The smallest absolute Gasteiger partial charge is 0.339 e. The Kier molecular flexibility index (Phi) is 4.61. The Bertz CT molecular complexity index is 756. The van der Waals surface area contributed by atoms with Crippen molar-refractivity contribution in [1.82, 2.24) is 0 Å². The van der Waals surface area contributed by atoms with Gasteiger partial charge in [-0.15, -0.1) is 0 Å². The van der Waals surface area contributed by atoms with Crippen LogP contribution in [0.5, 0.6) is 0 Å². The highest BCUT2D eigenvalue weighted by atomic mass is 35.5. The highest BCUT2D eigenvalue weighted by molar-refractivity contribution is 6.43. The van der Waals surface area contributed by atoms with E-state index in [1.807, 2.05) is 0 Å². The zero-order chi connectivity index (χ0) is 15.7. The molecule has 0 bridgehead atoms. The fourth-order valence-corrected chi connectivity index (χ4v) is 2.68. The molecule has 0 N–H and O–H groups in total. The molecule has 0 amide bonds. The van der Waals surface area contributed by atoms with E-state index in [2.05, 4.69) is 9.47 Å². The van der Waals surface area contributed by atoms with E-state index in [0.717, 1.165) is 0 Å². The molecule has 0 aliphatic carbocycles. The topological polar surface area (TPSA) is 52.6 Å². The van der Waals surface area contributed by atoms with Crippen molar-refractivity contribution in [3.8, 4) is 0 Å². The Morgan fingerprint density at radius 2 is 1.38 bits per heavy atom. The Hall–Kier alpha value is -1.49. The van der Waals surface area contributed by atoms with Gasteiger partial charge in [-0.3, -0.25) is 0 Å². The van der Waals surface area contributed by atoms with Crippen LogP contribution in [-0.4, -0.2) is 26.2 Å². The van der Waals surface area contributed by atoms with E-state index in [0.29, 0.717) is 10.8 Å². The first-order chi connectivity index (χ1) is 9.90. The number of hydrogen-bond acceptors (Lipinski definition) is 4. The highest BCUT2D eigenvalue weighted by Crippen LogP contribution is 2.36. The van der Waals surface area contributed by atoms with Gasteiger partial charge in [0.1, 0.15) is 0 Å². The second-order valence-electron chi connectivity index (χ2n) is 4.08. The van der Waals surface area contributed by atoms with Gasteiger partial charge in [0.2, 0.25) is 0 Å². The molecular formula is C14H9Cl3O4. The van der Waals surface area contributed by atoms with Crippen LogP contribution < -0.4 is 0 Å². The average molecular weight is 348 g/mol. The number of carbonyl (C=O) groups is 2. The van der Waals surface area contributed by atoms with Gasteiger partial charge in [0.05, 0.1) is 35.4 Å². The minimum Gasteiger partial charge on any atom is -0.465 e. The molecule has 21 heavy (non-hydrogen) atoms. The summed E-state index contributed by atoms with van der Waals surface area (Å²) in [6.07, 6.45) is 0. The van der Waals surface area contributed by atoms with Crippen LogP contribution >= 0.6 is 34.8 Å². The molecule has 2 aromatic carbocycles. The summed E-state index contributed by atoms with van der Waals surface area (Å²) in [4.78, 5) is 23.3. The Labute approximate surface area is 135 Å². The largest absolute Gasteiger partial charge is 0.465 e. The molecule has 2 rings (SSSR count). The summed E-state index contributed by atoms with van der Waals surface area (Å²) < 4.78 is 9.28. The normalized spacial score (nSPS) is 10.5. The quantitative estimate of drug-likeness (QED) is 0.757. The fourth-order valence-electron chi connectivity index (χ4n) is 1.89. The summed E-state index contributed by atoms with van der Waals surface area (Å²) in [5.41, 5.74) is 0.286. The first-order valence-corrected chi connectivity index (χ1v) is 6.82. The summed E-state index contributed by atoms with van der Waals surface area (Å²) in [5, 5.41) is 1.48. The zero-order valence-electron chi connectivity index (χ0n) is 11.0. The van der Waals surface area contributed by atoms with Crippen molar-refractivity contribution in [2.24, 2.45) is 0 Å². The summed E-state index contributed by atoms with van der Waals surface area (Å²) in [6.45, 7) is 0. The SMILES string of the molecule is COC(=O)c1cc2c(Cl)cc(C(=O)OC)c(Cl)c2cc1Cl. The van der Waals surface area contributed by atoms with Crippen LogP contribution in [0.25, 0.3) is 10.8 Å². The lowest BCUT2D eigenvalue weighted by Crippen LogP contribution is -2.04. The van der Waals surface area contributed by atoms with Crippen molar-refractivity contribution in [2.75, 3.05) is 14.2 Å². The van der Waals surface area contributed by atoms with Crippen molar-refractivity contribution in [1.29, 1.82) is 0 Å². The van der Waals surface area contributed by atoms with Gasteiger partial charge in [-0.1, -0.05) is 34.8 Å². The molecule has 0 radical (unpaired) electrons. The third-order valence-electron chi connectivity index (χ3n) is 2.92. The van der Waals surface area contributed by atoms with Crippen molar-refractivity contribution >= 4 is 57.5 Å². The lowest BCUT2D eigenvalue weighted by Gasteiger charge is -2.11. The number of methoxy groups -OCH3 is 2. The van der Waals surface area contributed by atoms with E-state index in [1.54, 1.807) is 0 Å². The number of rotatable bonds is 2. The monoisotopic (exact) mass is 346 g/mol. The van der Waals surface area contributed by atoms with Gasteiger partial charge in [0, 0.05) is 15.8 Å². The number of ether oxygens (including phenoxy) is 2. The Balaban J connectivity index is 2.80. The lowest BCUT2D eigenvalue weighted by atomic mass is 10.0. The van der Waals surface area contributed by atoms with Gasteiger partial charge in [-0.05, 0) is 18.2 Å². The van der Waals surface area contributed by atoms with Gasteiger partial charge in [-0.25, -0.2) is 9.59 Å². The maximum absolute atomic E-state index is 11.7. The number of fused-ring (bicyclic) bond motifs is 1. The second kappa shape index (κ2) is 6.10. The van der Waals surface area contributed by atoms with Crippen molar-refractivity contribution < 1.29 is 19.1 Å². The standard InChI is InChI=1S/C14H9Cl3O4/c1-20-13(18)8-3-6-7(4-11(8)16)12(17)9(5-10(6)15)14(19)21-2/h3-5H,1-2H3. The molecule has 110 valence electrons. The fraction of sp³-hybridized carbons (Fsp3) is 0.143. The molecule has 0 heterocycles. The molecule has 4 nitrogen and oxygen atoms in total. The molecule has 0 fully saturated rings. The minimum atomic E-state index is -0.614. The van der Waals surface area contributed by atoms with Crippen LogP contribution in [0, 0.1) is 0 Å². The van der Waals surface area contributed by atoms with Gasteiger partial charge >= 0.3 is 11.9 Å². The Morgan fingerprint density at radius 1 is 0.810 bits per heavy atom. The predicted octanol–water partition coefficient (Wildman–Crippen LogP) is 4.37. The molecular weight excluding hydrogens is 339 g/mol. The first-order valence-electron chi connectivity index (χ1n) is 5.68. The van der Waals surface area contributed by atoms with E-state index in [1.165, 1.54) is 32.4 Å². The number of carbonyl (C=O) groups excluding carboxylic acids is 2. The predicted molar refractivity (Wildman–Crippen MR) is 81.7 cm³/mol. The van der Waals surface area contributed by atoms with E-state index in [4.69, 9.17) is 34.8 Å². The molecule has 0 aliphatic rings. The zero-order valence-corrected chi connectivity index (χ0v) is 13.3. The lowest BCUT2D eigenvalue weighted by molar-refractivity contribution is 0.0592. The van der Waals surface area contributed by atoms with E-state index in [-0.39, 0.29) is 26.2 Å². The van der Waals surface area contributed by atoms with Gasteiger partial charge < -0.3 is 9.47 Å². The summed E-state index contributed by atoms with van der Waals surface area (Å²) >= 11 is 18.4. The molecule has 0 saturated heterocycles. The molecule has 2 aromatic rings. The van der Waals surface area contributed by atoms with E-state index >= 15 is 0 Å². The summed E-state index contributed by atoms with van der Waals surface area (Å²) in [7, 11) is 2.49. The maximum Gasteiger partial charge on any atom is 0.339 e. The highest BCUT2D eigenvalue weighted by Gasteiger charge is 2.19. The van der Waals surface area contributed by atoms with Crippen molar-refractivity contribution in [3.63, 3.8) is 0 Å². The van der Waals surface area contributed by atoms with E-state index < -0.39 is 11.9 Å².